The highest BCUT2D eigenvalue weighted by atomic mass is 16.7. The summed E-state index contributed by atoms with van der Waals surface area (Å²) in [6, 6.07) is 39.5. The fourth-order valence-electron chi connectivity index (χ4n) is 6.79. The van der Waals surface area contributed by atoms with E-state index in [1.165, 1.54) is 0 Å². The summed E-state index contributed by atoms with van der Waals surface area (Å²) >= 11 is 0. The summed E-state index contributed by atoms with van der Waals surface area (Å²) in [4.78, 5) is 29.4. The van der Waals surface area contributed by atoms with E-state index in [9.17, 15) is 14.7 Å². The average Bonchev–Trinajstić information content (AvgIpc) is 3.62. The molecule has 0 bridgehead atoms. The molecule has 1 saturated heterocycles. The van der Waals surface area contributed by atoms with Gasteiger partial charge in [-0.2, -0.15) is 0 Å². The summed E-state index contributed by atoms with van der Waals surface area (Å²) in [6.45, 7) is 1.04. The van der Waals surface area contributed by atoms with Crippen LogP contribution in [-0.4, -0.2) is 32.6 Å². The van der Waals surface area contributed by atoms with Gasteiger partial charge in [0, 0.05) is 31.4 Å². The average molecular weight is 724 g/mol. The molecule has 0 spiro atoms. The Morgan fingerprint density at radius 1 is 0.778 bits per heavy atom. The molecule has 1 aliphatic rings. The first-order chi connectivity index (χ1) is 26.4. The van der Waals surface area contributed by atoms with Crippen molar-refractivity contribution < 1.29 is 24.2 Å². The van der Waals surface area contributed by atoms with Crippen LogP contribution in [-0.2, 0) is 38.8 Å². The van der Waals surface area contributed by atoms with Crippen LogP contribution in [0.1, 0.15) is 66.8 Å². The van der Waals surface area contributed by atoms with E-state index in [0.29, 0.717) is 56.6 Å². The second kappa shape index (κ2) is 17.3. The standard InChI is InChI=1S/C44H45N5O5/c45-37-10-1-2-11-38(37)48-43(52)15-6-5-14-42(51)46-26-31-8-7-9-35(24-31)32-20-22-34(23-21-32)44-53-36(27-49-29-47-39-12-3-4-13-40(39)49)25-41(54-44)33-18-16-30(28-50)17-19-33/h1-4,7-13,16-24,29,36,41,44,50H,5-6,14-15,25-28,45H2,(H,46,51)(H,48,52). The van der Waals surface area contributed by atoms with Crippen LogP contribution in [0.4, 0.5) is 11.4 Å². The number of anilines is 2. The van der Waals surface area contributed by atoms with Gasteiger partial charge in [-0.15, -0.1) is 0 Å². The van der Waals surface area contributed by atoms with Crippen molar-refractivity contribution in [2.75, 3.05) is 11.1 Å². The molecule has 5 N–H and O–H groups in total. The Kier molecular flexibility index (Phi) is 11.7. The van der Waals surface area contributed by atoms with Crippen molar-refractivity contribution in [2.45, 2.75) is 70.3 Å². The molecule has 276 valence electrons. The number of nitrogens with two attached hydrogens (primary N) is 1. The predicted octanol–water partition coefficient (Wildman–Crippen LogP) is 7.84. The monoisotopic (exact) mass is 723 g/mol. The number of rotatable bonds is 14. The fraction of sp³-hybridized carbons (Fsp3) is 0.250. The molecule has 7 rings (SSSR count). The van der Waals surface area contributed by atoms with Gasteiger partial charge in [0.05, 0.1) is 54.1 Å². The summed E-state index contributed by atoms with van der Waals surface area (Å²) in [5.74, 6) is -0.165. The molecule has 1 aromatic heterocycles. The third-order valence-electron chi connectivity index (χ3n) is 9.77. The SMILES string of the molecule is Nc1ccccc1NC(=O)CCCCC(=O)NCc1cccc(-c2ccc(C3OC(Cn4cnc5ccccc54)CC(c4ccc(CO)cc4)O3)cc2)c1. The lowest BCUT2D eigenvalue weighted by molar-refractivity contribution is -0.252. The van der Waals surface area contributed by atoms with Crippen molar-refractivity contribution in [1.29, 1.82) is 0 Å². The van der Waals surface area contributed by atoms with Gasteiger partial charge in [0.1, 0.15) is 0 Å². The second-order valence-corrected chi connectivity index (χ2v) is 13.7. The Morgan fingerprint density at radius 3 is 2.31 bits per heavy atom. The molecular formula is C44H45N5O5. The largest absolute Gasteiger partial charge is 0.397 e. The highest BCUT2D eigenvalue weighted by Gasteiger charge is 2.32. The molecule has 10 heteroatoms. The van der Waals surface area contributed by atoms with Crippen LogP contribution in [0.3, 0.4) is 0 Å². The number of hydrogen-bond donors (Lipinski definition) is 4. The molecule has 1 fully saturated rings. The van der Waals surface area contributed by atoms with E-state index >= 15 is 0 Å². The molecule has 6 aromatic rings. The number of amides is 2. The molecule has 1 aliphatic heterocycles. The number of nitrogens with one attached hydrogen (secondary N) is 2. The van der Waals surface area contributed by atoms with E-state index in [0.717, 1.165) is 44.4 Å². The normalized spacial score (nSPS) is 16.9. The maximum Gasteiger partial charge on any atom is 0.224 e. The number of ether oxygens (including phenoxy) is 2. The maximum absolute atomic E-state index is 12.6. The quantitative estimate of drug-likeness (QED) is 0.0663. The first-order valence-electron chi connectivity index (χ1n) is 18.4. The predicted molar refractivity (Wildman–Crippen MR) is 210 cm³/mol. The Morgan fingerprint density at radius 2 is 1.52 bits per heavy atom. The Bertz CT molecular complexity index is 2180. The van der Waals surface area contributed by atoms with Crippen LogP contribution in [0.15, 0.2) is 128 Å². The van der Waals surface area contributed by atoms with Crippen molar-refractivity contribution in [3.8, 4) is 11.1 Å². The number of para-hydroxylation sites is 4. The van der Waals surface area contributed by atoms with Crippen LogP contribution < -0.4 is 16.4 Å². The molecule has 2 amide bonds. The molecule has 3 atom stereocenters. The van der Waals surface area contributed by atoms with Crippen molar-refractivity contribution in [3.63, 3.8) is 0 Å². The Balaban J connectivity index is 0.951. The summed E-state index contributed by atoms with van der Waals surface area (Å²) in [7, 11) is 0. The molecule has 0 saturated carbocycles. The maximum atomic E-state index is 12.6. The minimum absolute atomic E-state index is 0.00662. The zero-order valence-corrected chi connectivity index (χ0v) is 30.1. The van der Waals surface area contributed by atoms with Crippen LogP contribution in [0.25, 0.3) is 22.2 Å². The smallest absolute Gasteiger partial charge is 0.224 e. The summed E-state index contributed by atoms with van der Waals surface area (Å²) in [5, 5.41) is 15.4. The number of fused-ring (bicyclic) bond motifs is 1. The zero-order chi connectivity index (χ0) is 37.3. The van der Waals surface area contributed by atoms with Crippen LogP contribution in [0.2, 0.25) is 0 Å². The van der Waals surface area contributed by atoms with E-state index in [1.54, 1.807) is 12.1 Å². The van der Waals surface area contributed by atoms with Crippen molar-refractivity contribution in [2.24, 2.45) is 0 Å². The molecule has 0 aliphatic carbocycles. The first-order valence-corrected chi connectivity index (χ1v) is 18.4. The number of aliphatic hydroxyl groups is 1. The number of aliphatic hydroxyl groups excluding tert-OH is 1. The molecule has 0 radical (unpaired) electrons. The molecule has 10 nitrogen and oxygen atoms in total. The van der Waals surface area contributed by atoms with Crippen molar-refractivity contribution >= 4 is 34.2 Å². The lowest BCUT2D eigenvalue weighted by Crippen LogP contribution is -2.32. The number of carbonyl (C=O) groups excluding carboxylic acids is 2. The fourth-order valence-corrected chi connectivity index (χ4v) is 6.79. The van der Waals surface area contributed by atoms with Gasteiger partial charge in [-0.3, -0.25) is 9.59 Å². The van der Waals surface area contributed by atoms with E-state index < -0.39 is 6.29 Å². The molecule has 5 aromatic carbocycles. The van der Waals surface area contributed by atoms with E-state index in [-0.39, 0.29) is 30.6 Å². The van der Waals surface area contributed by atoms with Crippen molar-refractivity contribution in [3.05, 3.63) is 150 Å². The molecule has 2 heterocycles. The first kappa shape index (κ1) is 36.5. The minimum atomic E-state index is -0.575. The van der Waals surface area contributed by atoms with E-state index in [1.807, 2.05) is 85.2 Å². The van der Waals surface area contributed by atoms with Gasteiger partial charge in [-0.05, 0) is 71.0 Å². The number of carbonyl (C=O) groups is 2. The number of aromatic nitrogens is 2. The zero-order valence-electron chi connectivity index (χ0n) is 30.1. The Hall–Kier alpha value is -5.81. The number of imidazole rings is 1. The van der Waals surface area contributed by atoms with E-state index in [2.05, 4.69) is 50.5 Å². The Labute approximate surface area is 315 Å². The van der Waals surface area contributed by atoms with Gasteiger partial charge >= 0.3 is 0 Å². The molecule has 3 unspecified atom stereocenters. The number of unbranched alkanes of at least 4 members (excludes halogenated alkanes) is 1. The van der Waals surface area contributed by atoms with Gasteiger partial charge in [0.2, 0.25) is 11.8 Å². The van der Waals surface area contributed by atoms with Crippen molar-refractivity contribution in [1.82, 2.24) is 14.9 Å². The van der Waals surface area contributed by atoms with Gasteiger partial charge in [0.25, 0.3) is 0 Å². The summed E-state index contributed by atoms with van der Waals surface area (Å²) in [6.07, 6.45) is 3.53. The van der Waals surface area contributed by atoms with Gasteiger partial charge in [-0.1, -0.05) is 91.0 Å². The lowest BCUT2D eigenvalue weighted by Gasteiger charge is -2.36. The molecule has 54 heavy (non-hydrogen) atoms. The molecular weight excluding hydrogens is 679 g/mol. The third kappa shape index (κ3) is 9.21. The minimum Gasteiger partial charge on any atom is -0.397 e. The lowest BCUT2D eigenvalue weighted by atomic mass is 9.99. The third-order valence-corrected chi connectivity index (χ3v) is 9.77. The second-order valence-electron chi connectivity index (χ2n) is 13.7. The number of nitrogens with zero attached hydrogens (tertiary/aromatic N) is 2. The van der Waals surface area contributed by atoms with Gasteiger partial charge < -0.3 is 35.5 Å². The van der Waals surface area contributed by atoms with Crippen LogP contribution >= 0.6 is 0 Å². The number of benzene rings is 5. The summed E-state index contributed by atoms with van der Waals surface area (Å²) < 4.78 is 15.3. The van der Waals surface area contributed by atoms with Gasteiger partial charge in [0.15, 0.2) is 6.29 Å². The van der Waals surface area contributed by atoms with Gasteiger partial charge in [-0.25, -0.2) is 4.98 Å². The summed E-state index contributed by atoms with van der Waals surface area (Å²) in [5.41, 5.74) is 14.9. The van der Waals surface area contributed by atoms with Crippen LogP contribution in [0.5, 0.6) is 0 Å². The topological polar surface area (TPSA) is 141 Å². The van der Waals surface area contributed by atoms with E-state index in [4.69, 9.17) is 15.2 Å². The number of nitrogen functional groups attached to an aromatic ring is 1. The number of hydrogen-bond acceptors (Lipinski definition) is 7. The van der Waals surface area contributed by atoms with Crippen LogP contribution in [0, 0.1) is 0 Å². The highest BCUT2D eigenvalue weighted by Crippen LogP contribution is 2.39. The highest BCUT2D eigenvalue weighted by molar-refractivity contribution is 5.93.